The third-order valence-corrected chi connectivity index (χ3v) is 8.31. The summed E-state index contributed by atoms with van der Waals surface area (Å²) in [5.41, 5.74) is 2.59. The molecule has 0 radical (unpaired) electrons. The van der Waals surface area contributed by atoms with Crippen molar-refractivity contribution >= 4 is 27.5 Å². The van der Waals surface area contributed by atoms with Crippen LogP contribution >= 0.6 is 0 Å². The maximum Gasteiger partial charge on any atom is 0.264 e. The number of rotatable bonds is 11. The number of anilines is 1. The molecule has 0 saturated heterocycles. The van der Waals surface area contributed by atoms with Crippen LogP contribution in [0.5, 0.6) is 0 Å². The summed E-state index contributed by atoms with van der Waals surface area (Å²) >= 11 is 0. The van der Waals surface area contributed by atoms with Crippen LogP contribution in [-0.4, -0.2) is 43.8 Å². The summed E-state index contributed by atoms with van der Waals surface area (Å²) < 4.78 is 42.5. The molecule has 208 valence electrons. The molecule has 0 aliphatic carbocycles. The van der Waals surface area contributed by atoms with E-state index in [-0.39, 0.29) is 23.4 Å². The molecule has 9 heteroatoms. The average molecular weight is 554 g/mol. The largest absolute Gasteiger partial charge is 0.352 e. The zero-order valence-electron chi connectivity index (χ0n) is 23.0. The van der Waals surface area contributed by atoms with Gasteiger partial charge in [0, 0.05) is 12.6 Å². The molecule has 0 aromatic heterocycles. The van der Waals surface area contributed by atoms with Crippen LogP contribution in [0.1, 0.15) is 43.9 Å². The summed E-state index contributed by atoms with van der Waals surface area (Å²) in [5.74, 6) is -1.31. The van der Waals surface area contributed by atoms with E-state index in [0.29, 0.717) is 17.7 Å². The van der Waals surface area contributed by atoms with Gasteiger partial charge in [-0.25, -0.2) is 12.8 Å². The van der Waals surface area contributed by atoms with Gasteiger partial charge in [-0.2, -0.15) is 0 Å². The van der Waals surface area contributed by atoms with Crippen LogP contribution in [0.3, 0.4) is 0 Å². The molecule has 1 N–H and O–H groups in total. The van der Waals surface area contributed by atoms with Gasteiger partial charge in [0.05, 0.1) is 10.6 Å². The third kappa shape index (κ3) is 7.23. The van der Waals surface area contributed by atoms with Crippen molar-refractivity contribution in [3.8, 4) is 0 Å². The number of hydrogen-bond donors (Lipinski definition) is 1. The SMILES string of the molecule is CC[C@H](C(=O)NC(C)C)N(Cc1ccc(F)cc1)C(=O)CN(c1cccc(C)c1C)S(=O)(=O)c1ccccc1. The Morgan fingerprint density at radius 2 is 1.56 bits per heavy atom. The lowest BCUT2D eigenvalue weighted by Gasteiger charge is -2.34. The van der Waals surface area contributed by atoms with E-state index in [0.717, 1.165) is 15.4 Å². The van der Waals surface area contributed by atoms with E-state index in [2.05, 4.69) is 5.32 Å². The fourth-order valence-electron chi connectivity index (χ4n) is 4.33. The van der Waals surface area contributed by atoms with E-state index in [1.165, 1.54) is 29.2 Å². The standard InChI is InChI=1S/C30H36FN3O4S/c1-6-27(30(36)32-21(2)3)33(19-24-15-17-25(31)18-16-24)29(35)20-34(28-14-10-11-22(4)23(28)5)39(37,38)26-12-8-7-9-13-26/h7-18,21,27H,6,19-20H2,1-5H3,(H,32,36)/t27-/m1/s1. The molecule has 1 atom stereocenters. The zero-order chi connectivity index (χ0) is 28.7. The first-order chi connectivity index (χ1) is 18.4. The molecule has 3 aromatic rings. The van der Waals surface area contributed by atoms with Crippen LogP contribution in [0.25, 0.3) is 0 Å². The molecule has 0 unspecified atom stereocenters. The Kier molecular flexibility index (Phi) is 9.86. The van der Waals surface area contributed by atoms with Gasteiger partial charge in [0.15, 0.2) is 0 Å². The van der Waals surface area contributed by atoms with Crippen LogP contribution in [0.2, 0.25) is 0 Å². The highest BCUT2D eigenvalue weighted by atomic mass is 32.2. The monoisotopic (exact) mass is 553 g/mol. The van der Waals surface area contributed by atoms with E-state index < -0.39 is 34.3 Å². The summed E-state index contributed by atoms with van der Waals surface area (Å²) in [4.78, 5) is 28.6. The van der Waals surface area contributed by atoms with Gasteiger partial charge >= 0.3 is 0 Å². The topological polar surface area (TPSA) is 86.8 Å². The molecule has 39 heavy (non-hydrogen) atoms. The Balaban J connectivity index is 2.09. The fourth-order valence-corrected chi connectivity index (χ4v) is 5.82. The van der Waals surface area contributed by atoms with Gasteiger partial charge < -0.3 is 10.2 Å². The number of carbonyl (C=O) groups is 2. The van der Waals surface area contributed by atoms with Crippen molar-refractivity contribution in [3.05, 3.63) is 95.3 Å². The van der Waals surface area contributed by atoms with Gasteiger partial charge in [-0.15, -0.1) is 0 Å². The van der Waals surface area contributed by atoms with Crippen molar-refractivity contribution in [1.82, 2.24) is 10.2 Å². The summed E-state index contributed by atoms with van der Waals surface area (Å²) in [7, 11) is -4.14. The van der Waals surface area contributed by atoms with E-state index in [1.807, 2.05) is 33.8 Å². The molecule has 2 amide bonds. The number of sulfonamides is 1. The molecule has 3 rings (SSSR count). The number of aryl methyl sites for hydroxylation is 1. The molecule has 0 heterocycles. The molecule has 0 aliphatic heterocycles. The zero-order valence-corrected chi connectivity index (χ0v) is 23.8. The minimum atomic E-state index is -4.14. The Morgan fingerprint density at radius 3 is 2.15 bits per heavy atom. The molecule has 0 saturated carbocycles. The van der Waals surface area contributed by atoms with Crippen LogP contribution in [-0.2, 0) is 26.2 Å². The maximum absolute atomic E-state index is 14.0. The van der Waals surface area contributed by atoms with E-state index >= 15 is 0 Å². The summed E-state index contributed by atoms with van der Waals surface area (Å²) in [6.07, 6.45) is 0.306. The predicted molar refractivity (Wildman–Crippen MR) is 151 cm³/mol. The molecule has 0 spiro atoms. The van der Waals surface area contributed by atoms with Crippen molar-refractivity contribution in [2.75, 3.05) is 10.8 Å². The van der Waals surface area contributed by atoms with Gasteiger partial charge in [-0.05, 0) is 81.1 Å². The first-order valence-electron chi connectivity index (χ1n) is 12.9. The number of nitrogens with one attached hydrogen (secondary N) is 1. The highest BCUT2D eigenvalue weighted by molar-refractivity contribution is 7.92. The van der Waals surface area contributed by atoms with E-state index in [9.17, 15) is 22.4 Å². The van der Waals surface area contributed by atoms with Gasteiger partial charge in [0.25, 0.3) is 10.0 Å². The van der Waals surface area contributed by atoms with Crippen molar-refractivity contribution in [2.45, 2.75) is 64.6 Å². The van der Waals surface area contributed by atoms with Crippen LogP contribution in [0.15, 0.2) is 77.7 Å². The summed E-state index contributed by atoms with van der Waals surface area (Å²) in [5, 5.41) is 2.86. The number of carbonyl (C=O) groups excluding carboxylic acids is 2. The van der Waals surface area contributed by atoms with Gasteiger partial charge in [-0.1, -0.05) is 49.4 Å². The molecule has 3 aromatic carbocycles. The highest BCUT2D eigenvalue weighted by Crippen LogP contribution is 2.29. The Labute approximate surface area is 230 Å². The Bertz CT molecular complexity index is 1390. The quantitative estimate of drug-likeness (QED) is 0.363. The van der Waals surface area contributed by atoms with Crippen molar-refractivity contribution in [1.29, 1.82) is 0 Å². The molecule has 0 aliphatic rings. The van der Waals surface area contributed by atoms with Gasteiger partial charge in [0.2, 0.25) is 11.8 Å². The van der Waals surface area contributed by atoms with Gasteiger partial charge in [-0.3, -0.25) is 13.9 Å². The number of hydrogen-bond acceptors (Lipinski definition) is 4. The van der Waals surface area contributed by atoms with E-state index in [4.69, 9.17) is 0 Å². The normalized spacial score (nSPS) is 12.2. The number of halogens is 1. The number of nitrogens with zero attached hydrogens (tertiary/aromatic N) is 2. The van der Waals surface area contributed by atoms with E-state index in [1.54, 1.807) is 49.4 Å². The Morgan fingerprint density at radius 1 is 0.923 bits per heavy atom. The molecular formula is C30H36FN3O4S. The molecule has 0 bridgehead atoms. The molecule has 7 nitrogen and oxygen atoms in total. The van der Waals surface area contributed by atoms with Crippen LogP contribution in [0.4, 0.5) is 10.1 Å². The summed E-state index contributed by atoms with van der Waals surface area (Å²) in [6.45, 7) is 8.61. The lowest BCUT2D eigenvalue weighted by atomic mass is 10.1. The predicted octanol–water partition coefficient (Wildman–Crippen LogP) is 4.97. The number of amides is 2. The smallest absolute Gasteiger partial charge is 0.264 e. The lowest BCUT2D eigenvalue weighted by molar-refractivity contribution is -0.140. The number of benzene rings is 3. The third-order valence-electron chi connectivity index (χ3n) is 6.54. The second-order valence-corrected chi connectivity index (χ2v) is 11.6. The second kappa shape index (κ2) is 12.9. The minimum Gasteiger partial charge on any atom is -0.352 e. The summed E-state index contributed by atoms with van der Waals surface area (Å²) in [6, 6.07) is 17.9. The van der Waals surface area contributed by atoms with Crippen molar-refractivity contribution < 1.29 is 22.4 Å². The minimum absolute atomic E-state index is 0.00909. The van der Waals surface area contributed by atoms with Crippen molar-refractivity contribution in [2.24, 2.45) is 0 Å². The fraction of sp³-hybridized carbons (Fsp3) is 0.333. The van der Waals surface area contributed by atoms with Gasteiger partial charge in [0.1, 0.15) is 18.4 Å². The maximum atomic E-state index is 14.0. The first-order valence-corrected chi connectivity index (χ1v) is 14.4. The second-order valence-electron chi connectivity index (χ2n) is 9.78. The van der Waals surface area contributed by atoms with Crippen molar-refractivity contribution in [3.63, 3.8) is 0 Å². The first kappa shape index (κ1) is 29.8. The lowest BCUT2D eigenvalue weighted by Crippen LogP contribution is -2.53. The Hall–Kier alpha value is -3.72. The van der Waals surface area contributed by atoms with Crippen LogP contribution < -0.4 is 9.62 Å². The average Bonchev–Trinajstić information content (AvgIpc) is 2.90. The molecular weight excluding hydrogens is 517 g/mol. The molecule has 0 fully saturated rings. The highest BCUT2D eigenvalue weighted by Gasteiger charge is 2.34. The van der Waals surface area contributed by atoms with Crippen LogP contribution in [0, 0.1) is 19.7 Å².